The van der Waals surface area contributed by atoms with Crippen LogP contribution in [0, 0.1) is 5.82 Å². The summed E-state index contributed by atoms with van der Waals surface area (Å²) in [6.45, 7) is 1.27. The maximum Gasteiger partial charge on any atom is 1.00 e. The number of oxazole rings is 1. The van der Waals surface area contributed by atoms with E-state index in [2.05, 4.69) is 4.98 Å². The van der Waals surface area contributed by atoms with Gasteiger partial charge in [-0.1, -0.05) is 11.6 Å². The molecule has 0 fully saturated rings. The summed E-state index contributed by atoms with van der Waals surface area (Å²) in [6.07, 6.45) is 0. The first-order chi connectivity index (χ1) is 10.5. The zero-order valence-electron chi connectivity index (χ0n) is 13.3. The number of esters is 1. The second kappa shape index (κ2) is 7.59. The number of hydrogen-bond acceptors (Lipinski definition) is 5. The zero-order valence-corrected chi connectivity index (χ0v) is 15.9. The number of carbonyl (C=O) groups excluding carboxylic acids is 1. The van der Waals surface area contributed by atoms with Gasteiger partial charge in [0.1, 0.15) is 5.82 Å². The van der Waals surface area contributed by atoms with E-state index in [0.717, 1.165) is 0 Å². The fraction of sp³-hybridized carbons (Fsp3) is 0.0667. The summed E-state index contributed by atoms with van der Waals surface area (Å²) in [5.74, 6) is -0.660. The van der Waals surface area contributed by atoms with Crippen LogP contribution < -0.4 is 34.3 Å². The fourth-order valence-corrected chi connectivity index (χ4v) is 2.84. The Morgan fingerprint density at radius 3 is 2.57 bits per heavy atom. The first kappa shape index (κ1) is 18.2. The van der Waals surface area contributed by atoms with Crippen LogP contribution in [0.1, 0.15) is 8.35 Å². The first-order valence-electron chi connectivity index (χ1n) is 6.24. The molecule has 2 aromatic heterocycles. The third-order valence-electron chi connectivity index (χ3n) is 2.73. The molecule has 1 aromatic carbocycles. The predicted octanol–water partition coefficient (Wildman–Crippen LogP) is 1.90. The van der Waals surface area contributed by atoms with Crippen LogP contribution in [0.4, 0.5) is 4.39 Å². The normalized spacial score (nSPS) is 10.2. The van der Waals surface area contributed by atoms with Crippen LogP contribution in [0.2, 0.25) is 4.34 Å². The second-order valence-corrected chi connectivity index (χ2v) is 6.07. The van der Waals surface area contributed by atoms with Crippen LogP contribution >= 0.6 is 22.9 Å². The minimum absolute atomic E-state index is 0. The zero-order chi connectivity index (χ0) is 15.7. The summed E-state index contributed by atoms with van der Waals surface area (Å²) in [4.78, 5) is 16.2. The minimum atomic E-state index is -0.522. The van der Waals surface area contributed by atoms with Crippen LogP contribution in [-0.2, 0) is 4.79 Å². The van der Waals surface area contributed by atoms with E-state index in [-0.39, 0.29) is 48.6 Å². The van der Waals surface area contributed by atoms with Crippen molar-refractivity contribution in [3.8, 4) is 28.0 Å². The summed E-state index contributed by atoms with van der Waals surface area (Å²) in [5, 5.41) is 0. The van der Waals surface area contributed by atoms with Gasteiger partial charge >= 0.3 is 41.5 Å². The van der Waals surface area contributed by atoms with Crippen LogP contribution in [0.3, 0.4) is 0 Å². The molecule has 3 aromatic rings. The summed E-state index contributed by atoms with van der Waals surface area (Å²) < 4.78 is 24.1. The standard InChI is InChI=1S/C15H9ClFNO3S.Na.H/c1-8(19)20-15-13(11-6-7-12(16)22-11)18-14(21-15)9-2-4-10(17)5-3-9;;/h2-7H,1H3;;/q;+1;-1. The molecule has 114 valence electrons. The van der Waals surface area contributed by atoms with E-state index in [1.807, 2.05) is 0 Å². The Morgan fingerprint density at radius 1 is 1.30 bits per heavy atom. The average Bonchev–Trinajstić information content (AvgIpc) is 3.05. The molecule has 0 spiro atoms. The van der Waals surface area contributed by atoms with Crippen molar-refractivity contribution in [2.24, 2.45) is 0 Å². The Morgan fingerprint density at radius 2 is 2.00 bits per heavy atom. The Bertz CT molecular complexity index is 838. The van der Waals surface area contributed by atoms with Crippen molar-refractivity contribution in [3.05, 3.63) is 46.6 Å². The van der Waals surface area contributed by atoms with Crippen LogP contribution in [-0.4, -0.2) is 11.0 Å². The minimum Gasteiger partial charge on any atom is -1.00 e. The third kappa shape index (κ3) is 4.22. The number of rotatable bonds is 3. The molecule has 0 aliphatic rings. The molecule has 0 N–H and O–H groups in total. The number of aromatic nitrogens is 1. The molecule has 4 nitrogen and oxygen atoms in total. The molecule has 2 heterocycles. The first-order valence-corrected chi connectivity index (χ1v) is 7.43. The molecule has 0 saturated heterocycles. The largest absolute Gasteiger partial charge is 1.00 e. The Labute approximate surface area is 164 Å². The smallest absolute Gasteiger partial charge is 1.00 e. The molecular formula is C15H10ClFNNaO3S. The maximum atomic E-state index is 13.0. The number of ether oxygens (including phenoxy) is 1. The van der Waals surface area contributed by atoms with Gasteiger partial charge in [-0.3, -0.25) is 4.79 Å². The molecule has 0 bridgehead atoms. The van der Waals surface area contributed by atoms with E-state index < -0.39 is 5.97 Å². The van der Waals surface area contributed by atoms with E-state index >= 15 is 0 Å². The SMILES string of the molecule is CC(=O)Oc1oc(-c2ccc(F)cc2)nc1-c1ccc(Cl)s1.[H-].[Na+]. The number of carbonyl (C=O) groups is 1. The van der Waals surface area contributed by atoms with Gasteiger partial charge < -0.3 is 10.6 Å². The van der Waals surface area contributed by atoms with Crippen molar-refractivity contribution in [2.45, 2.75) is 6.92 Å². The van der Waals surface area contributed by atoms with Crippen LogP contribution in [0.5, 0.6) is 5.95 Å². The Hall–Kier alpha value is -1.18. The van der Waals surface area contributed by atoms with Crippen molar-refractivity contribution in [2.75, 3.05) is 0 Å². The maximum absolute atomic E-state index is 13.0. The molecule has 0 unspecified atom stereocenters. The molecular weight excluding hydrogens is 352 g/mol. The molecule has 3 rings (SSSR count). The van der Waals surface area contributed by atoms with Crippen molar-refractivity contribution < 1.29 is 49.3 Å². The Balaban J connectivity index is 0.00000144. The summed E-state index contributed by atoms with van der Waals surface area (Å²) in [7, 11) is 0. The topological polar surface area (TPSA) is 52.3 Å². The van der Waals surface area contributed by atoms with Crippen molar-refractivity contribution in [3.63, 3.8) is 0 Å². The Kier molecular flexibility index (Phi) is 6.00. The average molecular weight is 362 g/mol. The van der Waals surface area contributed by atoms with Crippen molar-refractivity contribution in [1.82, 2.24) is 4.98 Å². The summed E-state index contributed by atoms with van der Waals surface area (Å²) in [6, 6.07) is 9.13. The number of halogens is 2. The number of benzene rings is 1. The van der Waals surface area contributed by atoms with E-state index in [9.17, 15) is 9.18 Å². The molecule has 0 aliphatic heterocycles. The van der Waals surface area contributed by atoms with Crippen molar-refractivity contribution in [1.29, 1.82) is 0 Å². The van der Waals surface area contributed by atoms with E-state index in [1.165, 1.54) is 42.5 Å². The van der Waals surface area contributed by atoms with Gasteiger partial charge in [0.15, 0.2) is 5.69 Å². The molecule has 0 amide bonds. The monoisotopic (exact) mass is 361 g/mol. The molecule has 8 heteroatoms. The predicted molar refractivity (Wildman–Crippen MR) is 82.6 cm³/mol. The molecule has 0 aliphatic carbocycles. The molecule has 23 heavy (non-hydrogen) atoms. The van der Waals surface area contributed by atoms with E-state index in [1.54, 1.807) is 12.1 Å². The number of hydrogen-bond donors (Lipinski definition) is 0. The van der Waals surface area contributed by atoms with Gasteiger partial charge in [-0.25, -0.2) is 9.37 Å². The molecule has 0 saturated carbocycles. The van der Waals surface area contributed by atoms with Gasteiger partial charge in [0, 0.05) is 12.5 Å². The quantitative estimate of drug-likeness (QED) is 0.528. The summed E-state index contributed by atoms with van der Waals surface area (Å²) in [5.41, 5.74) is 0.954. The van der Waals surface area contributed by atoms with Crippen LogP contribution in [0.15, 0.2) is 40.8 Å². The van der Waals surface area contributed by atoms with Gasteiger partial charge in [-0.2, -0.15) is 0 Å². The number of thiophene rings is 1. The van der Waals surface area contributed by atoms with Crippen LogP contribution in [0.25, 0.3) is 22.0 Å². The third-order valence-corrected chi connectivity index (χ3v) is 3.97. The number of nitrogens with zero attached hydrogens (tertiary/aromatic N) is 1. The van der Waals surface area contributed by atoms with E-state index in [0.29, 0.717) is 20.5 Å². The van der Waals surface area contributed by atoms with Gasteiger partial charge in [0.2, 0.25) is 5.89 Å². The van der Waals surface area contributed by atoms with E-state index in [4.69, 9.17) is 20.8 Å². The van der Waals surface area contributed by atoms with Crippen molar-refractivity contribution >= 4 is 28.9 Å². The van der Waals surface area contributed by atoms with Gasteiger partial charge in [-0.15, -0.1) is 11.3 Å². The molecule has 0 radical (unpaired) electrons. The van der Waals surface area contributed by atoms with Gasteiger partial charge in [0.05, 0.1) is 9.21 Å². The van der Waals surface area contributed by atoms with Gasteiger partial charge in [0.25, 0.3) is 0 Å². The molecule has 0 atom stereocenters. The summed E-state index contributed by atoms with van der Waals surface area (Å²) >= 11 is 7.20. The fourth-order valence-electron chi connectivity index (χ4n) is 1.82. The second-order valence-electron chi connectivity index (χ2n) is 4.36. The van der Waals surface area contributed by atoms with Gasteiger partial charge in [-0.05, 0) is 36.4 Å².